The van der Waals surface area contributed by atoms with Gasteiger partial charge < -0.3 is 10.2 Å². The number of likely N-dealkylation sites (tertiary alicyclic amines) is 1. The fraction of sp³-hybridized carbons (Fsp3) is 0.750. The van der Waals surface area contributed by atoms with Crippen LogP contribution in [0.1, 0.15) is 43.4 Å². The molecule has 2 rings (SSSR count). The second-order valence-electron chi connectivity index (χ2n) is 5.40. The minimum Gasteiger partial charge on any atom is -0.360 e. The third-order valence-electron chi connectivity index (χ3n) is 3.34. The molecular weight excluding hydrogens is 248 g/mol. The molecule has 2 heterocycles. The molecule has 0 radical (unpaired) electrons. The summed E-state index contributed by atoms with van der Waals surface area (Å²) in [5.74, 6) is 0.0205. The third-order valence-corrected chi connectivity index (χ3v) is 4.21. The molecule has 0 spiro atoms. The fourth-order valence-corrected chi connectivity index (χ4v) is 2.76. The van der Waals surface area contributed by atoms with Crippen LogP contribution in [0.2, 0.25) is 0 Å². The summed E-state index contributed by atoms with van der Waals surface area (Å²) >= 11 is 1.33. The Morgan fingerprint density at radius 2 is 2.06 bits per heavy atom. The lowest BCUT2D eigenvalue weighted by molar-refractivity contribution is 0.0629. The summed E-state index contributed by atoms with van der Waals surface area (Å²) in [5, 5.41) is 12.2. The highest BCUT2D eigenvalue weighted by Gasteiger charge is 2.29. The molecule has 0 atom stereocenters. The largest absolute Gasteiger partial charge is 0.360 e. The van der Waals surface area contributed by atoms with Gasteiger partial charge in [-0.1, -0.05) is 25.2 Å². The number of hydrogen-bond acceptors (Lipinski definition) is 5. The van der Waals surface area contributed by atoms with Crippen molar-refractivity contribution in [3.8, 4) is 0 Å². The maximum atomic E-state index is 12.2. The van der Waals surface area contributed by atoms with Gasteiger partial charge >= 0.3 is 0 Å². The van der Waals surface area contributed by atoms with Gasteiger partial charge in [-0.05, 0) is 25.2 Å². The van der Waals surface area contributed by atoms with Crippen LogP contribution in [0.5, 0.6) is 0 Å². The van der Waals surface area contributed by atoms with E-state index in [2.05, 4.69) is 29.4 Å². The van der Waals surface area contributed by atoms with Gasteiger partial charge in [-0.2, -0.15) is 0 Å². The van der Waals surface area contributed by atoms with Gasteiger partial charge in [0.1, 0.15) is 0 Å². The molecule has 1 fully saturated rings. The van der Waals surface area contributed by atoms with Crippen LogP contribution >= 0.6 is 11.3 Å². The molecule has 0 bridgehead atoms. The Morgan fingerprint density at radius 1 is 1.39 bits per heavy atom. The molecule has 5 nitrogen and oxygen atoms in total. The number of amides is 1. The molecule has 0 unspecified atom stereocenters. The Balaban J connectivity index is 1.98. The molecule has 1 N–H and O–H groups in total. The predicted molar refractivity (Wildman–Crippen MR) is 73.0 cm³/mol. The standard InChI is InChI=1S/C12H20N4OS/c1-4-13-11-15-14-9(18-11)10(17)16-7-5-12(2,3)6-8-16/h4-8H2,1-3H3,(H,13,15). The predicted octanol–water partition coefficient (Wildman–Crippen LogP) is 2.23. The Hall–Kier alpha value is -1.17. The van der Waals surface area contributed by atoms with Crippen molar-refractivity contribution >= 4 is 22.4 Å². The van der Waals surface area contributed by atoms with Crippen LogP contribution in [0.3, 0.4) is 0 Å². The highest BCUT2D eigenvalue weighted by atomic mass is 32.1. The van der Waals surface area contributed by atoms with Crippen molar-refractivity contribution in [1.82, 2.24) is 15.1 Å². The van der Waals surface area contributed by atoms with Crippen LogP contribution in [0.25, 0.3) is 0 Å². The summed E-state index contributed by atoms with van der Waals surface area (Å²) < 4.78 is 0. The van der Waals surface area contributed by atoms with Crippen molar-refractivity contribution in [3.63, 3.8) is 0 Å². The van der Waals surface area contributed by atoms with Crippen LogP contribution in [0.4, 0.5) is 5.13 Å². The molecule has 1 amide bonds. The lowest BCUT2D eigenvalue weighted by Gasteiger charge is -2.36. The number of nitrogens with zero attached hydrogens (tertiary/aromatic N) is 3. The second-order valence-corrected chi connectivity index (χ2v) is 6.38. The van der Waals surface area contributed by atoms with Crippen LogP contribution in [0, 0.1) is 5.41 Å². The SMILES string of the molecule is CCNc1nnc(C(=O)N2CCC(C)(C)CC2)s1. The zero-order chi connectivity index (χ0) is 13.2. The van der Waals surface area contributed by atoms with Crippen LogP contribution in [0.15, 0.2) is 0 Å². The van der Waals surface area contributed by atoms with Crippen molar-refractivity contribution in [2.24, 2.45) is 5.41 Å². The molecule has 1 aliphatic rings. The lowest BCUT2D eigenvalue weighted by atomic mass is 9.83. The number of rotatable bonds is 3. The first-order valence-corrected chi connectivity index (χ1v) is 7.20. The first kappa shape index (κ1) is 13.3. The van der Waals surface area contributed by atoms with E-state index >= 15 is 0 Å². The zero-order valence-corrected chi connectivity index (χ0v) is 12.0. The molecule has 6 heteroatoms. The summed E-state index contributed by atoms with van der Waals surface area (Å²) in [4.78, 5) is 14.1. The van der Waals surface area contributed by atoms with E-state index in [4.69, 9.17) is 0 Å². The maximum Gasteiger partial charge on any atom is 0.284 e. The highest BCUT2D eigenvalue weighted by molar-refractivity contribution is 7.17. The number of carbonyl (C=O) groups is 1. The number of aromatic nitrogens is 2. The molecule has 0 aromatic carbocycles. The van der Waals surface area contributed by atoms with Gasteiger partial charge in [-0.3, -0.25) is 4.79 Å². The first-order chi connectivity index (χ1) is 8.52. The minimum atomic E-state index is 0.0205. The number of piperidine rings is 1. The van der Waals surface area contributed by atoms with Crippen molar-refractivity contribution in [1.29, 1.82) is 0 Å². The summed E-state index contributed by atoms with van der Waals surface area (Å²) in [5.41, 5.74) is 0.354. The monoisotopic (exact) mass is 268 g/mol. The van der Waals surface area contributed by atoms with Crippen LogP contribution in [-0.4, -0.2) is 40.6 Å². The summed E-state index contributed by atoms with van der Waals surface area (Å²) in [6, 6.07) is 0. The quantitative estimate of drug-likeness (QED) is 0.913. The summed E-state index contributed by atoms with van der Waals surface area (Å²) in [6.07, 6.45) is 2.11. The molecule has 0 aliphatic carbocycles. The van der Waals surface area contributed by atoms with E-state index in [0.29, 0.717) is 10.4 Å². The van der Waals surface area contributed by atoms with Crippen molar-refractivity contribution in [2.45, 2.75) is 33.6 Å². The van der Waals surface area contributed by atoms with Crippen LogP contribution in [-0.2, 0) is 0 Å². The van der Waals surface area contributed by atoms with E-state index in [1.807, 2.05) is 11.8 Å². The Bertz CT molecular complexity index is 419. The molecular formula is C12H20N4OS. The Morgan fingerprint density at radius 3 is 2.67 bits per heavy atom. The van der Waals surface area contributed by atoms with E-state index in [0.717, 1.165) is 37.6 Å². The van der Waals surface area contributed by atoms with Gasteiger partial charge in [0.25, 0.3) is 5.91 Å². The Kier molecular flexibility index (Phi) is 3.85. The molecule has 0 saturated carbocycles. The number of hydrogen-bond donors (Lipinski definition) is 1. The van der Waals surface area contributed by atoms with E-state index in [1.54, 1.807) is 0 Å². The smallest absolute Gasteiger partial charge is 0.284 e. The van der Waals surface area contributed by atoms with Gasteiger partial charge in [0.2, 0.25) is 10.1 Å². The van der Waals surface area contributed by atoms with E-state index in [-0.39, 0.29) is 5.91 Å². The van der Waals surface area contributed by atoms with Gasteiger partial charge in [-0.25, -0.2) is 0 Å². The van der Waals surface area contributed by atoms with E-state index < -0.39 is 0 Å². The summed E-state index contributed by atoms with van der Waals surface area (Å²) in [7, 11) is 0. The fourth-order valence-electron chi connectivity index (χ4n) is 1.98. The van der Waals surface area contributed by atoms with Crippen molar-refractivity contribution in [3.05, 3.63) is 5.01 Å². The molecule has 18 heavy (non-hydrogen) atoms. The van der Waals surface area contributed by atoms with Gasteiger partial charge in [0, 0.05) is 19.6 Å². The number of nitrogens with one attached hydrogen (secondary N) is 1. The lowest BCUT2D eigenvalue weighted by Crippen LogP contribution is -2.41. The zero-order valence-electron chi connectivity index (χ0n) is 11.2. The normalized spacial score (nSPS) is 18.7. The number of anilines is 1. The van der Waals surface area contributed by atoms with Gasteiger partial charge in [0.15, 0.2) is 0 Å². The second kappa shape index (κ2) is 5.22. The molecule has 1 aromatic rings. The van der Waals surface area contributed by atoms with Gasteiger partial charge in [0.05, 0.1) is 0 Å². The average Bonchev–Trinajstić information content (AvgIpc) is 2.77. The van der Waals surface area contributed by atoms with Crippen molar-refractivity contribution in [2.75, 3.05) is 25.0 Å². The molecule has 100 valence electrons. The molecule has 1 saturated heterocycles. The van der Waals surface area contributed by atoms with E-state index in [9.17, 15) is 4.79 Å². The van der Waals surface area contributed by atoms with Gasteiger partial charge in [-0.15, -0.1) is 10.2 Å². The molecule has 1 aliphatic heterocycles. The van der Waals surface area contributed by atoms with Crippen molar-refractivity contribution < 1.29 is 4.79 Å². The topological polar surface area (TPSA) is 58.1 Å². The third kappa shape index (κ3) is 2.98. The Labute approximate surface area is 112 Å². The average molecular weight is 268 g/mol. The first-order valence-electron chi connectivity index (χ1n) is 6.38. The minimum absolute atomic E-state index is 0.0205. The molecule has 1 aromatic heterocycles. The van der Waals surface area contributed by atoms with Crippen LogP contribution < -0.4 is 5.32 Å². The maximum absolute atomic E-state index is 12.2. The highest BCUT2D eigenvalue weighted by Crippen LogP contribution is 2.30. The summed E-state index contributed by atoms with van der Waals surface area (Å²) in [6.45, 7) is 8.94. The van der Waals surface area contributed by atoms with E-state index in [1.165, 1.54) is 11.3 Å². The number of carbonyl (C=O) groups excluding carboxylic acids is 1.